The van der Waals surface area contributed by atoms with Crippen LogP contribution in [-0.4, -0.2) is 36.2 Å². The quantitative estimate of drug-likeness (QED) is 0.490. The van der Waals surface area contributed by atoms with Gasteiger partial charge in [-0.2, -0.15) is 0 Å². The summed E-state index contributed by atoms with van der Waals surface area (Å²) in [6.45, 7) is 0. The van der Waals surface area contributed by atoms with Crippen LogP contribution in [0.4, 0.5) is 4.39 Å². The normalized spacial score (nSPS) is 10.7. The number of methoxy groups -OCH3 is 3. The zero-order valence-corrected chi connectivity index (χ0v) is 15.9. The van der Waals surface area contributed by atoms with Crippen LogP contribution in [0.25, 0.3) is 11.4 Å². The van der Waals surface area contributed by atoms with Crippen LogP contribution in [0.5, 0.6) is 17.2 Å². The van der Waals surface area contributed by atoms with E-state index in [1.165, 1.54) is 49.9 Å². The monoisotopic (exact) mass is 390 g/mol. The predicted octanol–water partition coefficient (Wildman–Crippen LogP) is 3.12. The Morgan fingerprint density at radius 1 is 1.00 bits per heavy atom. The average Bonchev–Trinajstić information content (AvgIpc) is 3.06. The van der Waals surface area contributed by atoms with Gasteiger partial charge in [-0.05, 0) is 29.8 Å². The zero-order chi connectivity index (χ0) is 19.4. The molecule has 0 radical (unpaired) electrons. The summed E-state index contributed by atoms with van der Waals surface area (Å²) in [6, 6.07) is 9.79. The Kier molecular flexibility index (Phi) is 5.70. The number of nitrogen functional groups attached to an aromatic ring is 1. The molecule has 0 aliphatic carbocycles. The molecule has 0 saturated carbocycles. The van der Waals surface area contributed by atoms with Crippen molar-refractivity contribution >= 4 is 11.8 Å². The van der Waals surface area contributed by atoms with Gasteiger partial charge in [0.05, 0.1) is 21.3 Å². The van der Waals surface area contributed by atoms with E-state index in [4.69, 9.17) is 20.1 Å². The van der Waals surface area contributed by atoms with Crippen molar-refractivity contribution in [2.75, 3.05) is 27.2 Å². The molecule has 2 N–H and O–H groups in total. The molecule has 3 rings (SSSR count). The Labute approximate surface area is 160 Å². The number of nitrogens with zero attached hydrogens (tertiary/aromatic N) is 3. The van der Waals surface area contributed by atoms with E-state index in [-0.39, 0.29) is 5.82 Å². The number of hydrogen-bond donors (Lipinski definition) is 1. The van der Waals surface area contributed by atoms with Crippen LogP contribution in [0.3, 0.4) is 0 Å². The Hall–Kier alpha value is -2.94. The maximum Gasteiger partial charge on any atom is 0.210 e. The van der Waals surface area contributed by atoms with E-state index in [0.29, 0.717) is 39.5 Å². The summed E-state index contributed by atoms with van der Waals surface area (Å²) < 4.78 is 30.5. The molecule has 3 aromatic rings. The molecule has 1 heterocycles. The van der Waals surface area contributed by atoms with Crippen molar-refractivity contribution in [3.05, 3.63) is 47.8 Å². The van der Waals surface area contributed by atoms with Gasteiger partial charge in [0.2, 0.25) is 10.9 Å². The molecule has 27 heavy (non-hydrogen) atoms. The van der Waals surface area contributed by atoms with Crippen molar-refractivity contribution in [2.24, 2.45) is 0 Å². The molecule has 0 atom stereocenters. The molecule has 0 fully saturated rings. The molecule has 0 saturated heterocycles. The van der Waals surface area contributed by atoms with Gasteiger partial charge in [0.15, 0.2) is 17.3 Å². The van der Waals surface area contributed by atoms with E-state index in [1.54, 1.807) is 24.3 Å². The molecule has 0 aliphatic rings. The summed E-state index contributed by atoms with van der Waals surface area (Å²) in [6.07, 6.45) is 0. The third-order valence-corrected chi connectivity index (χ3v) is 4.88. The molecule has 0 amide bonds. The van der Waals surface area contributed by atoms with Crippen LogP contribution < -0.4 is 20.1 Å². The molecule has 0 aliphatic heterocycles. The number of rotatable bonds is 7. The van der Waals surface area contributed by atoms with Crippen LogP contribution in [0.1, 0.15) is 5.56 Å². The molecule has 0 unspecified atom stereocenters. The smallest absolute Gasteiger partial charge is 0.210 e. The summed E-state index contributed by atoms with van der Waals surface area (Å²) in [5.74, 6) is 8.43. The van der Waals surface area contributed by atoms with Gasteiger partial charge in [-0.15, -0.1) is 10.2 Å². The van der Waals surface area contributed by atoms with Crippen molar-refractivity contribution in [1.82, 2.24) is 14.9 Å². The fraction of sp³-hybridized carbons (Fsp3) is 0.222. The van der Waals surface area contributed by atoms with Crippen LogP contribution >= 0.6 is 11.8 Å². The fourth-order valence-electron chi connectivity index (χ4n) is 2.51. The van der Waals surface area contributed by atoms with Gasteiger partial charge >= 0.3 is 0 Å². The molecule has 2 aromatic carbocycles. The number of ether oxygens (including phenoxy) is 3. The standard InChI is InChI=1S/C18H19FN4O3S/c1-24-14-8-12(9-15(25-2)16(14)26-3)17-21-22-18(23(17)20)27-10-11-4-6-13(19)7-5-11/h4-9H,10,20H2,1-3H3. The number of aromatic nitrogens is 3. The van der Waals surface area contributed by atoms with E-state index >= 15 is 0 Å². The Bertz CT molecular complexity index is 906. The highest BCUT2D eigenvalue weighted by atomic mass is 32.2. The number of benzene rings is 2. The first-order valence-corrected chi connectivity index (χ1v) is 8.94. The maximum atomic E-state index is 13.0. The second-order valence-electron chi connectivity index (χ2n) is 5.51. The fourth-order valence-corrected chi connectivity index (χ4v) is 3.32. The highest BCUT2D eigenvalue weighted by Gasteiger charge is 2.18. The summed E-state index contributed by atoms with van der Waals surface area (Å²) >= 11 is 1.40. The number of halogens is 1. The van der Waals surface area contributed by atoms with Crippen molar-refractivity contribution in [3.63, 3.8) is 0 Å². The minimum absolute atomic E-state index is 0.268. The summed E-state index contributed by atoms with van der Waals surface area (Å²) in [5.41, 5.74) is 1.63. The van der Waals surface area contributed by atoms with Gasteiger partial charge in [-0.3, -0.25) is 0 Å². The topological polar surface area (TPSA) is 84.4 Å². The predicted molar refractivity (Wildman–Crippen MR) is 101 cm³/mol. The number of nitrogens with two attached hydrogens (primary N) is 1. The van der Waals surface area contributed by atoms with Crippen molar-refractivity contribution < 1.29 is 18.6 Å². The lowest BCUT2D eigenvalue weighted by Gasteiger charge is -2.13. The molecular weight excluding hydrogens is 371 g/mol. The van der Waals surface area contributed by atoms with Crippen LogP contribution in [-0.2, 0) is 5.75 Å². The molecular formula is C18H19FN4O3S. The Morgan fingerprint density at radius 2 is 1.63 bits per heavy atom. The van der Waals surface area contributed by atoms with Gasteiger partial charge in [-0.1, -0.05) is 23.9 Å². The SMILES string of the molecule is COc1cc(-c2nnc(SCc3ccc(F)cc3)n2N)cc(OC)c1OC. The second kappa shape index (κ2) is 8.17. The summed E-state index contributed by atoms with van der Waals surface area (Å²) in [4.78, 5) is 0. The van der Waals surface area contributed by atoms with Crippen molar-refractivity contribution in [3.8, 4) is 28.6 Å². The lowest BCUT2D eigenvalue weighted by atomic mass is 10.1. The van der Waals surface area contributed by atoms with Gasteiger partial charge in [-0.25, -0.2) is 9.07 Å². The van der Waals surface area contributed by atoms with Gasteiger partial charge in [0.1, 0.15) is 5.82 Å². The molecule has 7 nitrogen and oxygen atoms in total. The van der Waals surface area contributed by atoms with Crippen LogP contribution in [0.2, 0.25) is 0 Å². The first-order chi connectivity index (χ1) is 13.1. The first kappa shape index (κ1) is 18.8. The molecule has 9 heteroatoms. The van der Waals surface area contributed by atoms with E-state index in [9.17, 15) is 4.39 Å². The Morgan fingerprint density at radius 3 is 2.19 bits per heavy atom. The maximum absolute atomic E-state index is 13.0. The van der Waals surface area contributed by atoms with E-state index in [1.807, 2.05) is 0 Å². The zero-order valence-electron chi connectivity index (χ0n) is 15.1. The highest BCUT2D eigenvalue weighted by molar-refractivity contribution is 7.98. The Balaban J connectivity index is 1.87. The minimum Gasteiger partial charge on any atom is -0.493 e. The lowest BCUT2D eigenvalue weighted by Crippen LogP contribution is -2.11. The molecule has 142 valence electrons. The third kappa shape index (κ3) is 3.92. The molecule has 0 bridgehead atoms. The van der Waals surface area contributed by atoms with E-state index in [2.05, 4.69) is 10.2 Å². The largest absolute Gasteiger partial charge is 0.493 e. The third-order valence-electron chi connectivity index (χ3n) is 3.87. The van der Waals surface area contributed by atoms with E-state index in [0.717, 1.165) is 5.56 Å². The van der Waals surface area contributed by atoms with Crippen LogP contribution in [0.15, 0.2) is 41.6 Å². The number of thioether (sulfide) groups is 1. The van der Waals surface area contributed by atoms with Crippen molar-refractivity contribution in [2.45, 2.75) is 10.9 Å². The van der Waals surface area contributed by atoms with Gasteiger partial charge < -0.3 is 20.1 Å². The lowest BCUT2D eigenvalue weighted by molar-refractivity contribution is 0.324. The first-order valence-electron chi connectivity index (χ1n) is 7.95. The molecule has 0 spiro atoms. The van der Waals surface area contributed by atoms with Crippen LogP contribution in [0, 0.1) is 5.82 Å². The summed E-state index contributed by atoms with van der Waals surface area (Å²) in [7, 11) is 4.62. The van der Waals surface area contributed by atoms with Crippen molar-refractivity contribution in [1.29, 1.82) is 0 Å². The minimum atomic E-state index is -0.268. The average molecular weight is 390 g/mol. The second-order valence-corrected chi connectivity index (χ2v) is 6.45. The number of hydrogen-bond acceptors (Lipinski definition) is 7. The summed E-state index contributed by atoms with van der Waals surface area (Å²) in [5, 5.41) is 8.85. The van der Waals surface area contributed by atoms with Gasteiger partial charge in [0.25, 0.3) is 0 Å². The highest BCUT2D eigenvalue weighted by Crippen LogP contribution is 2.41. The van der Waals surface area contributed by atoms with E-state index < -0.39 is 0 Å². The molecule has 1 aromatic heterocycles. The van der Waals surface area contributed by atoms with Gasteiger partial charge in [0, 0.05) is 11.3 Å².